The van der Waals surface area contributed by atoms with Gasteiger partial charge in [0.2, 0.25) is 0 Å². The third-order valence-electron chi connectivity index (χ3n) is 2.60. The van der Waals surface area contributed by atoms with Crippen molar-refractivity contribution in [1.29, 1.82) is 0 Å². The molecule has 1 aromatic heterocycles. The number of anilines is 1. The van der Waals surface area contributed by atoms with Crippen LogP contribution in [0.25, 0.3) is 10.4 Å². The molecule has 2 heterocycles. The smallest absolute Gasteiger partial charge is 0.182 e. The molecule has 0 saturated heterocycles. The predicted octanol–water partition coefficient (Wildman–Crippen LogP) is 3.28. The van der Waals surface area contributed by atoms with Crippen molar-refractivity contribution in [3.63, 3.8) is 0 Å². The third kappa shape index (κ3) is 2.00. The van der Waals surface area contributed by atoms with E-state index in [1.54, 1.807) is 11.3 Å². The lowest BCUT2D eigenvalue weighted by Gasteiger charge is -2.19. The van der Waals surface area contributed by atoms with Gasteiger partial charge < -0.3 is 14.8 Å². The van der Waals surface area contributed by atoms with Crippen LogP contribution < -0.4 is 14.8 Å². The lowest BCUT2D eigenvalue weighted by Crippen LogP contribution is -2.15. The van der Waals surface area contributed by atoms with Crippen LogP contribution in [0.1, 0.15) is 0 Å². The number of nitrogens with one attached hydrogen (secondary N) is 1. The highest BCUT2D eigenvalue weighted by Crippen LogP contribution is 2.42. The standard InChI is InChI=1S/C12H11ClN2O2S/c1-14-12-15-6-10(18-12)7-4-8(13)11-9(5-7)16-2-3-17-11/h4-6H,2-3H2,1H3,(H,14,15). The van der Waals surface area contributed by atoms with Crippen LogP contribution in [0, 0.1) is 0 Å². The Morgan fingerprint density at radius 2 is 2.17 bits per heavy atom. The van der Waals surface area contributed by atoms with Crippen LogP contribution in [0.3, 0.4) is 0 Å². The monoisotopic (exact) mass is 282 g/mol. The van der Waals surface area contributed by atoms with Crippen molar-refractivity contribution in [1.82, 2.24) is 4.98 Å². The van der Waals surface area contributed by atoms with Gasteiger partial charge in [0.05, 0.1) is 9.90 Å². The van der Waals surface area contributed by atoms with Gasteiger partial charge in [0.1, 0.15) is 13.2 Å². The van der Waals surface area contributed by atoms with Crippen LogP contribution in [-0.4, -0.2) is 25.2 Å². The minimum Gasteiger partial charge on any atom is -0.486 e. The lowest BCUT2D eigenvalue weighted by molar-refractivity contribution is 0.172. The van der Waals surface area contributed by atoms with E-state index in [4.69, 9.17) is 21.1 Å². The molecule has 0 bridgehead atoms. The molecule has 0 saturated carbocycles. The molecular weight excluding hydrogens is 272 g/mol. The second-order valence-corrected chi connectivity index (χ2v) is 5.20. The van der Waals surface area contributed by atoms with Gasteiger partial charge in [0.15, 0.2) is 16.6 Å². The van der Waals surface area contributed by atoms with Crippen molar-refractivity contribution in [3.05, 3.63) is 23.4 Å². The highest BCUT2D eigenvalue weighted by Gasteiger charge is 2.17. The van der Waals surface area contributed by atoms with Gasteiger partial charge in [-0.15, -0.1) is 0 Å². The molecule has 18 heavy (non-hydrogen) atoms. The second-order valence-electron chi connectivity index (χ2n) is 3.76. The molecule has 2 aromatic rings. The van der Waals surface area contributed by atoms with Crippen LogP contribution in [0.15, 0.2) is 18.3 Å². The molecule has 0 spiro atoms. The van der Waals surface area contributed by atoms with Crippen molar-refractivity contribution >= 4 is 28.1 Å². The van der Waals surface area contributed by atoms with Crippen molar-refractivity contribution < 1.29 is 9.47 Å². The summed E-state index contributed by atoms with van der Waals surface area (Å²) in [5.74, 6) is 1.33. The molecular formula is C12H11ClN2O2S. The first kappa shape index (κ1) is 11.6. The van der Waals surface area contributed by atoms with Gasteiger partial charge >= 0.3 is 0 Å². The number of nitrogens with zero attached hydrogens (tertiary/aromatic N) is 1. The van der Waals surface area contributed by atoms with E-state index in [1.165, 1.54) is 0 Å². The molecule has 0 atom stereocenters. The van der Waals surface area contributed by atoms with Crippen LogP contribution in [-0.2, 0) is 0 Å². The summed E-state index contributed by atoms with van der Waals surface area (Å²) in [6.07, 6.45) is 1.82. The number of aromatic nitrogens is 1. The Hall–Kier alpha value is -1.46. The molecule has 0 aliphatic carbocycles. The van der Waals surface area contributed by atoms with Crippen LogP contribution >= 0.6 is 22.9 Å². The summed E-state index contributed by atoms with van der Waals surface area (Å²) in [7, 11) is 1.85. The van der Waals surface area contributed by atoms with E-state index < -0.39 is 0 Å². The molecule has 0 fully saturated rings. The van der Waals surface area contributed by atoms with E-state index in [0.29, 0.717) is 29.7 Å². The topological polar surface area (TPSA) is 43.4 Å². The SMILES string of the molecule is CNc1ncc(-c2cc(Cl)c3c(c2)OCCO3)s1. The molecule has 1 N–H and O–H groups in total. The predicted molar refractivity (Wildman–Crippen MR) is 73.1 cm³/mol. The highest BCUT2D eigenvalue weighted by atomic mass is 35.5. The Bertz CT molecular complexity index is 585. The Kier molecular flexibility index (Phi) is 3.01. The molecule has 1 aromatic carbocycles. The summed E-state index contributed by atoms with van der Waals surface area (Å²) in [6, 6.07) is 3.81. The maximum atomic E-state index is 6.20. The van der Waals surface area contributed by atoms with Gasteiger partial charge in [-0.2, -0.15) is 0 Å². The Morgan fingerprint density at radius 3 is 2.94 bits per heavy atom. The fourth-order valence-corrected chi connectivity index (χ4v) is 2.80. The minimum atomic E-state index is 0.538. The average Bonchev–Trinajstić information content (AvgIpc) is 2.87. The molecule has 1 aliphatic rings. The third-order valence-corrected chi connectivity index (χ3v) is 3.95. The number of hydrogen-bond acceptors (Lipinski definition) is 5. The van der Waals surface area contributed by atoms with Crippen molar-refractivity contribution in [2.75, 3.05) is 25.6 Å². The van der Waals surface area contributed by atoms with Gasteiger partial charge in [0.25, 0.3) is 0 Å². The summed E-state index contributed by atoms with van der Waals surface area (Å²) in [5, 5.41) is 4.45. The summed E-state index contributed by atoms with van der Waals surface area (Å²) >= 11 is 7.77. The van der Waals surface area contributed by atoms with Gasteiger partial charge in [-0.3, -0.25) is 0 Å². The van der Waals surface area contributed by atoms with Gasteiger partial charge in [-0.05, 0) is 17.7 Å². The van der Waals surface area contributed by atoms with E-state index in [-0.39, 0.29) is 0 Å². The number of halogens is 1. The number of ether oxygens (including phenoxy) is 2. The molecule has 0 radical (unpaired) electrons. The molecule has 0 unspecified atom stereocenters. The van der Waals surface area contributed by atoms with E-state index in [2.05, 4.69) is 10.3 Å². The maximum absolute atomic E-state index is 6.20. The molecule has 94 valence electrons. The lowest BCUT2D eigenvalue weighted by atomic mass is 10.1. The fourth-order valence-electron chi connectivity index (χ4n) is 1.78. The first-order valence-corrected chi connectivity index (χ1v) is 6.70. The molecule has 0 amide bonds. The fraction of sp³-hybridized carbons (Fsp3) is 0.250. The first-order chi connectivity index (χ1) is 8.78. The molecule has 3 rings (SSSR count). The number of fused-ring (bicyclic) bond motifs is 1. The van der Waals surface area contributed by atoms with E-state index in [9.17, 15) is 0 Å². The van der Waals surface area contributed by atoms with E-state index in [1.807, 2.05) is 25.4 Å². The number of benzene rings is 1. The van der Waals surface area contributed by atoms with Crippen LogP contribution in [0.5, 0.6) is 11.5 Å². The van der Waals surface area contributed by atoms with Crippen molar-refractivity contribution in [2.24, 2.45) is 0 Å². The minimum absolute atomic E-state index is 0.538. The number of thiazole rings is 1. The zero-order valence-electron chi connectivity index (χ0n) is 9.70. The summed E-state index contributed by atoms with van der Waals surface area (Å²) in [5.41, 5.74) is 0.989. The molecule has 4 nitrogen and oxygen atoms in total. The highest BCUT2D eigenvalue weighted by molar-refractivity contribution is 7.18. The maximum Gasteiger partial charge on any atom is 0.182 e. The average molecular weight is 283 g/mol. The van der Waals surface area contributed by atoms with Gasteiger partial charge in [-0.1, -0.05) is 22.9 Å². The van der Waals surface area contributed by atoms with Crippen molar-refractivity contribution in [2.45, 2.75) is 0 Å². The summed E-state index contributed by atoms with van der Waals surface area (Å²) in [4.78, 5) is 5.29. The van der Waals surface area contributed by atoms with E-state index >= 15 is 0 Å². The molecule has 6 heteroatoms. The van der Waals surface area contributed by atoms with Gasteiger partial charge in [-0.25, -0.2) is 4.98 Å². The first-order valence-electron chi connectivity index (χ1n) is 5.51. The van der Waals surface area contributed by atoms with Crippen LogP contribution in [0.4, 0.5) is 5.13 Å². The Labute approximate surface area is 114 Å². The zero-order valence-corrected chi connectivity index (χ0v) is 11.3. The van der Waals surface area contributed by atoms with Crippen molar-refractivity contribution in [3.8, 4) is 21.9 Å². The van der Waals surface area contributed by atoms with Crippen LogP contribution in [0.2, 0.25) is 5.02 Å². The Balaban J connectivity index is 2.04. The quantitative estimate of drug-likeness (QED) is 0.918. The van der Waals surface area contributed by atoms with Gasteiger partial charge in [0, 0.05) is 13.2 Å². The Morgan fingerprint density at radius 1 is 1.33 bits per heavy atom. The normalized spacial score (nSPS) is 13.4. The summed E-state index contributed by atoms with van der Waals surface area (Å²) < 4.78 is 11.0. The number of hydrogen-bond donors (Lipinski definition) is 1. The zero-order chi connectivity index (χ0) is 12.5. The molecule has 1 aliphatic heterocycles. The summed E-state index contributed by atoms with van der Waals surface area (Å²) in [6.45, 7) is 1.09. The largest absolute Gasteiger partial charge is 0.486 e. The second kappa shape index (κ2) is 4.66. The van der Waals surface area contributed by atoms with E-state index in [0.717, 1.165) is 15.6 Å². The number of rotatable bonds is 2.